The number of para-hydroxylation sites is 1. The summed E-state index contributed by atoms with van der Waals surface area (Å²) in [6.45, 7) is 5.06. The van der Waals surface area contributed by atoms with Gasteiger partial charge in [-0.1, -0.05) is 26.0 Å². The summed E-state index contributed by atoms with van der Waals surface area (Å²) in [5.74, 6) is 0. The number of nitriles is 1. The first-order chi connectivity index (χ1) is 8.11. The summed E-state index contributed by atoms with van der Waals surface area (Å²) in [7, 11) is 0. The smallest absolute Gasteiger partial charge is 0.102 e. The number of hydrogen-bond acceptors (Lipinski definition) is 3. The molecule has 0 saturated carbocycles. The van der Waals surface area contributed by atoms with E-state index in [9.17, 15) is 0 Å². The van der Waals surface area contributed by atoms with E-state index in [1.165, 1.54) is 0 Å². The lowest BCUT2D eigenvalue weighted by molar-refractivity contribution is 0.115. The van der Waals surface area contributed by atoms with E-state index >= 15 is 0 Å². The van der Waals surface area contributed by atoms with Crippen molar-refractivity contribution in [3.05, 3.63) is 41.8 Å². The van der Waals surface area contributed by atoms with Crippen LogP contribution in [0.4, 0.5) is 5.69 Å². The van der Waals surface area contributed by atoms with Gasteiger partial charge in [0.25, 0.3) is 0 Å². The Morgan fingerprint density at radius 3 is 2.82 bits per heavy atom. The van der Waals surface area contributed by atoms with Crippen LogP contribution in [0.3, 0.4) is 0 Å². The van der Waals surface area contributed by atoms with Gasteiger partial charge in [0.1, 0.15) is 12.3 Å². The molecule has 0 aliphatic carbocycles. The van der Waals surface area contributed by atoms with Gasteiger partial charge in [-0.25, -0.2) is 0 Å². The van der Waals surface area contributed by atoms with Crippen molar-refractivity contribution in [2.75, 3.05) is 11.9 Å². The van der Waals surface area contributed by atoms with Gasteiger partial charge in [0.15, 0.2) is 0 Å². The molecule has 1 aromatic carbocycles. The van der Waals surface area contributed by atoms with E-state index in [-0.39, 0.29) is 5.41 Å². The predicted octanol–water partition coefficient (Wildman–Crippen LogP) is 3.26. The van der Waals surface area contributed by atoms with Crippen LogP contribution >= 0.6 is 0 Å². The highest BCUT2D eigenvalue weighted by Gasteiger charge is 2.24. The van der Waals surface area contributed by atoms with E-state index < -0.39 is 0 Å². The number of ether oxygens (including phenoxy) is 1. The Labute approximate surface area is 102 Å². The molecule has 17 heavy (non-hydrogen) atoms. The van der Waals surface area contributed by atoms with Crippen LogP contribution in [0.2, 0.25) is 0 Å². The van der Waals surface area contributed by atoms with Gasteiger partial charge in [0.05, 0.1) is 23.6 Å². The third-order valence-electron chi connectivity index (χ3n) is 2.71. The standard InChI is InChI=1S/C14H16N2O/c1-14(2)7-12(9-17-10-14)16-13-6-4-3-5-11(13)8-15/h3-6,9,16H,7,10H2,1-2H3. The Kier molecular flexibility index (Phi) is 3.06. The molecule has 0 unspecified atom stereocenters. The molecule has 0 bridgehead atoms. The molecule has 88 valence electrons. The highest BCUT2D eigenvalue weighted by molar-refractivity contribution is 5.60. The van der Waals surface area contributed by atoms with Crippen LogP contribution in [0, 0.1) is 16.7 Å². The quantitative estimate of drug-likeness (QED) is 0.845. The zero-order chi connectivity index (χ0) is 12.3. The van der Waals surface area contributed by atoms with Crippen molar-refractivity contribution in [1.29, 1.82) is 5.26 Å². The van der Waals surface area contributed by atoms with Crippen molar-refractivity contribution in [2.24, 2.45) is 5.41 Å². The number of nitrogens with one attached hydrogen (secondary N) is 1. The maximum atomic E-state index is 9.01. The molecule has 1 N–H and O–H groups in total. The molecule has 0 fully saturated rings. The Bertz CT molecular complexity index is 483. The first-order valence-electron chi connectivity index (χ1n) is 5.67. The Balaban J connectivity index is 2.17. The van der Waals surface area contributed by atoms with Gasteiger partial charge in [-0.3, -0.25) is 0 Å². The highest BCUT2D eigenvalue weighted by atomic mass is 16.5. The van der Waals surface area contributed by atoms with Gasteiger partial charge in [-0.2, -0.15) is 5.26 Å². The van der Waals surface area contributed by atoms with Crippen molar-refractivity contribution in [3.8, 4) is 6.07 Å². The summed E-state index contributed by atoms with van der Waals surface area (Å²) in [5, 5.41) is 12.3. The van der Waals surface area contributed by atoms with Crippen molar-refractivity contribution in [3.63, 3.8) is 0 Å². The van der Waals surface area contributed by atoms with Crippen LogP contribution < -0.4 is 5.32 Å². The molecule has 3 nitrogen and oxygen atoms in total. The summed E-state index contributed by atoms with van der Waals surface area (Å²) < 4.78 is 5.44. The van der Waals surface area contributed by atoms with Gasteiger partial charge in [0, 0.05) is 5.41 Å². The number of allylic oxidation sites excluding steroid dienone is 1. The zero-order valence-corrected chi connectivity index (χ0v) is 10.2. The maximum absolute atomic E-state index is 9.01. The first-order valence-corrected chi connectivity index (χ1v) is 5.67. The number of nitrogens with zero attached hydrogens (tertiary/aromatic N) is 1. The molecule has 1 heterocycles. The van der Waals surface area contributed by atoms with Crippen LogP contribution in [0.5, 0.6) is 0 Å². The van der Waals surface area contributed by atoms with Crippen molar-refractivity contribution in [2.45, 2.75) is 20.3 Å². The molecule has 0 amide bonds. The summed E-state index contributed by atoms with van der Waals surface area (Å²) in [6, 6.07) is 9.66. The molecule has 1 aliphatic heterocycles. The number of anilines is 1. The van der Waals surface area contributed by atoms with Crippen LogP contribution in [-0.2, 0) is 4.74 Å². The molecular weight excluding hydrogens is 212 g/mol. The molecule has 1 aliphatic rings. The highest BCUT2D eigenvalue weighted by Crippen LogP contribution is 2.30. The fraction of sp³-hybridized carbons (Fsp3) is 0.357. The normalized spacial score (nSPS) is 17.6. The molecule has 0 atom stereocenters. The van der Waals surface area contributed by atoms with Gasteiger partial charge >= 0.3 is 0 Å². The maximum Gasteiger partial charge on any atom is 0.102 e. The van der Waals surface area contributed by atoms with Crippen LogP contribution in [0.1, 0.15) is 25.8 Å². The summed E-state index contributed by atoms with van der Waals surface area (Å²) in [6.07, 6.45) is 2.67. The van der Waals surface area contributed by atoms with Gasteiger partial charge in [-0.15, -0.1) is 0 Å². The van der Waals surface area contributed by atoms with E-state index in [1.54, 1.807) is 12.3 Å². The Hall–Kier alpha value is -1.95. The van der Waals surface area contributed by atoms with Crippen molar-refractivity contribution >= 4 is 5.69 Å². The van der Waals surface area contributed by atoms with Crippen LogP contribution in [0.15, 0.2) is 36.2 Å². The number of hydrogen-bond donors (Lipinski definition) is 1. The van der Waals surface area contributed by atoms with Crippen molar-refractivity contribution < 1.29 is 4.74 Å². The zero-order valence-electron chi connectivity index (χ0n) is 10.2. The number of rotatable bonds is 2. The number of benzene rings is 1. The van der Waals surface area contributed by atoms with Gasteiger partial charge in [0.2, 0.25) is 0 Å². The summed E-state index contributed by atoms with van der Waals surface area (Å²) in [4.78, 5) is 0. The fourth-order valence-electron chi connectivity index (χ4n) is 1.91. The predicted molar refractivity (Wildman–Crippen MR) is 67.2 cm³/mol. The molecular formula is C14H16N2O. The van der Waals surface area contributed by atoms with E-state index in [4.69, 9.17) is 10.00 Å². The Morgan fingerprint density at radius 1 is 1.35 bits per heavy atom. The van der Waals surface area contributed by atoms with E-state index in [0.29, 0.717) is 5.56 Å². The Morgan fingerprint density at radius 2 is 2.12 bits per heavy atom. The molecule has 0 radical (unpaired) electrons. The molecule has 3 heteroatoms. The largest absolute Gasteiger partial charge is 0.499 e. The minimum absolute atomic E-state index is 0.138. The van der Waals surface area contributed by atoms with Gasteiger partial charge in [-0.05, 0) is 18.6 Å². The minimum atomic E-state index is 0.138. The summed E-state index contributed by atoms with van der Waals surface area (Å²) in [5.41, 5.74) is 2.64. The second kappa shape index (κ2) is 4.50. The van der Waals surface area contributed by atoms with Crippen LogP contribution in [0.25, 0.3) is 0 Å². The van der Waals surface area contributed by atoms with E-state index in [0.717, 1.165) is 24.4 Å². The second-order valence-electron chi connectivity index (χ2n) is 5.08. The fourth-order valence-corrected chi connectivity index (χ4v) is 1.91. The van der Waals surface area contributed by atoms with E-state index in [1.807, 2.05) is 18.2 Å². The molecule has 1 aromatic rings. The third-order valence-corrected chi connectivity index (χ3v) is 2.71. The van der Waals surface area contributed by atoms with Crippen molar-refractivity contribution in [1.82, 2.24) is 0 Å². The second-order valence-corrected chi connectivity index (χ2v) is 5.08. The molecule has 2 rings (SSSR count). The lowest BCUT2D eigenvalue weighted by Crippen LogP contribution is -2.25. The lowest BCUT2D eigenvalue weighted by atomic mass is 9.88. The minimum Gasteiger partial charge on any atom is -0.499 e. The van der Waals surface area contributed by atoms with Gasteiger partial charge < -0.3 is 10.1 Å². The summed E-state index contributed by atoms with van der Waals surface area (Å²) >= 11 is 0. The van der Waals surface area contributed by atoms with E-state index in [2.05, 4.69) is 25.2 Å². The molecule has 0 spiro atoms. The molecule has 0 saturated heterocycles. The van der Waals surface area contributed by atoms with Crippen LogP contribution in [-0.4, -0.2) is 6.61 Å². The lowest BCUT2D eigenvalue weighted by Gasteiger charge is -2.30. The topological polar surface area (TPSA) is 45.0 Å². The molecule has 0 aromatic heterocycles. The monoisotopic (exact) mass is 228 g/mol. The SMILES string of the molecule is CC1(C)COC=C(Nc2ccccc2C#N)C1. The third kappa shape index (κ3) is 2.79. The average Bonchev–Trinajstić information content (AvgIpc) is 2.28. The average molecular weight is 228 g/mol. The first kappa shape index (κ1) is 11.5.